The maximum absolute atomic E-state index is 11.9. The number of hydrogen-bond acceptors (Lipinski definition) is 4. The van der Waals surface area contributed by atoms with Gasteiger partial charge in [0.25, 0.3) is 0 Å². The molecule has 0 aromatic rings. The van der Waals surface area contributed by atoms with Gasteiger partial charge < -0.3 is 10.6 Å². The largest absolute Gasteiger partial charge is 0.352 e. The van der Waals surface area contributed by atoms with Gasteiger partial charge in [0.1, 0.15) is 0 Å². The smallest absolute Gasteiger partial charge is 0.229 e. The van der Waals surface area contributed by atoms with E-state index < -0.39 is 0 Å². The van der Waals surface area contributed by atoms with Crippen molar-refractivity contribution in [2.75, 3.05) is 5.75 Å². The molecule has 2 aliphatic rings. The van der Waals surface area contributed by atoms with Crippen LogP contribution in [0.25, 0.3) is 0 Å². The molecule has 4 nitrogen and oxygen atoms in total. The average molecular weight is 286 g/mol. The molecule has 0 radical (unpaired) electrons. The predicted octanol–water partition coefficient (Wildman–Crippen LogP) is 1.59. The third kappa shape index (κ3) is 3.68. The normalized spacial score (nSPS) is 24.9. The molecule has 0 spiro atoms. The van der Waals surface area contributed by atoms with E-state index in [4.69, 9.17) is 12.2 Å². The van der Waals surface area contributed by atoms with Crippen molar-refractivity contribution >= 4 is 40.1 Å². The van der Waals surface area contributed by atoms with Gasteiger partial charge in [-0.05, 0) is 31.5 Å². The molecule has 18 heavy (non-hydrogen) atoms. The summed E-state index contributed by atoms with van der Waals surface area (Å²) in [6, 6.07) is -0.228. The lowest BCUT2D eigenvalue weighted by Gasteiger charge is -2.21. The minimum absolute atomic E-state index is 0.00491. The first-order valence-corrected chi connectivity index (χ1v) is 7.84. The van der Waals surface area contributed by atoms with E-state index in [-0.39, 0.29) is 23.0 Å². The maximum atomic E-state index is 11.9. The minimum Gasteiger partial charge on any atom is -0.352 e. The number of rotatable bonds is 2. The van der Waals surface area contributed by atoms with E-state index in [1.165, 1.54) is 18.2 Å². The standard InChI is InChI=1S/C12H18N2O2S2/c15-10(8-4-2-1-3-5-8)14-12(17)13-9-6-7-18-11(9)16/h8-9H,1-7H2,(H2,13,14,15,17). The third-order valence-corrected chi connectivity index (χ3v) is 4.68. The Labute approximate surface area is 117 Å². The van der Waals surface area contributed by atoms with Crippen LogP contribution in [-0.2, 0) is 9.59 Å². The zero-order valence-electron chi connectivity index (χ0n) is 10.2. The van der Waals surface area contributed by atoms with Gasteiger partial charge in [0.2, 0.25) is 11.0 Å². The Bertz CT molecular complexity index is 354. The zero-order valence-corrected chi connectivity index (χ0v) is 11.9. The molecule has 100 valence electrons. The van der Waals surface area contributed by atoms with Gasteiger partial charge in [-0.3, -0.25) is 9.59 Å². The fourth-order valence-corrected chi connectivity index (χ4v) is 3.58. The van der Waals surface area contributed by atoms with Gasteiger partial charge in [0.05, 0.1) is 6.04 Å². The van der Waals surface area contributed by atoms with Crippen molar-refractivity contribution in [1.29, 1.82) is 0 Å². The van der Waals surface area contributed by atoms with Crippen LogP contribution in [0.3, 0.4) is 0 Å². The van der Waals surface area contributed by atoms with Gasteiger partial charge in [-0.2, -0.15) is 0 Å². The van der Waals surface area contributed by atoms with Crippen LogP contribution >= 0.6 is 24.0 Å². The lowest BCUT2D eigenvalue weighted by Crippen LogP contribution is -2.47. The SMILES string of the molecule is O=C(NC(=S)NC1CCSC1=O)C1CCCCC1. The summed E-state index contributed by atoms with van der Waals surface area (Å²) in [4.78, 5) is 23.4. The van der Waals surface area contributed by atoms with Gasteiger partial charge >= 0.3 is 0 Å². The van der Waals surface area contributed by atoms with E-state index in [9.17, 15) is 9.59 Å². The first-order chi connectivity index (χ1) is 8.66. The molecule has 1 aliphatic carbocycles. The second kappa shape index (κ2) is 6.52. The molecule has 0 aromatic heterocycles. The van der Waals surface area contributed by atoms with Crippen molar-refractivity contribution in [1.82, 2.24) is 10.6 Å². The number of carbonyl (C=O) groups is 2. The van der Waals surface area contributed by atoms with Gasteiger partial charge in [-0.1, -0.05) is 31.0 Å². The molecular formula is C12H18N2O2S2. The van der Waals surface area contributed by atoms with E-state index in [0.29, 0.717) is 5.11 Å². The number of nitrogens with one attached hydrogen (secondary N) is 2. The van der Waals surface area contributed by atoms with Crippen molar-refractivity contribution in [2.45, 2.75) is 44.6 Å². The highest BCUT2D eigenvalue weighted by atomic mass is 32.2. The number of amides is 1. The molecular weight excluding hydrogens is 268 g/mol. The summed E-state index contributed by atoms with van der Waals surface area (Å²) in [5.41, 5.74) is 0. The molecule has 1 saturated heterocycles. The summed E-state index contributed by atoms with van der Waals surface area (Å²) in [6.45, 7) is 0. The molecule has 1 amide bonds. The summed E-state index contributed by atoms with van der Waals surface area (Å²) in [5, 5.41) is 6.06. The van der Waals surface area contributed by atoms with Gasteiger partial charge in [0.15, 0.2) is 5.11 Å². The number of carbonyl (C=O) groups excluding carboxylic acids is 2. The molecule has 1 heterocycles. The molecule has 2 fully saturated rings. The highest BCUT2D eigenvalue weighted by Gasteiger charge is 2.27. The summed E-state index contributed by atoms with van der Waals surface area (Å²) >= 11 is 6.41. The van der Waals surface area contributed by atoms with Crippen LogP contribution in [0, 0.1) is 5.92 Å². The van der Waals surface area contributed by atoms with Crippen LogP contribution in [0.15, 0.2) is 0 Å². The highest BCUT2D eigenvalue weighted by Crippen LogP contribution is 2.23. The zero-order chi connectivity index (χ0) is 13.0. The second-order valence-electron chi connectivity index (χ2n) is 4.81. The van der Waals surface area contributed by atoms with Crippen molar-refractivity contribution in [2.24, 2.45) is 5.92 Å². The molecule has 2 N–H and O–H groups in total. The topological polar surface area (TPSA) is 58.2 Å². The maximum Gasteiger partial charge on any atom is 0.229 e. The number of thioether (sulfide) groups is 1. The lowest BCUT2D eigenvalue weighted by atomic mass is 9.89. The lowest BCUT2D eigenvalue weighted by molar-refractivity contribution is -0.124. The summed E-state index contributed by atoms with van der Waals surface area (Å²) in [7, 11) is 0. The Balaban J connectivity index is 1.76. The predicted molar refractivity (Wildman–Crippen MR) is 76.3 cm³/mol. The molecule has 1 saturated carbocycles. The second-order valence-corrected chi connectivity index (χ2v) is 6.31. The summed E-state index contributed by atoms with van der Waals surface area (Å²) in [5.74, 6) is 0.924. The minimum atomic E-state index is -0.228. The highest BCUT2D eigenvalue weighted by molar-refractivity contribution is 8.14. The van der Waals surface area contributed by atoms with Crippen molar-refractivity contribution in [3.63, 3.8) is 0 Å². The molecule has 0 aromatic carbocycles. The van der Waals surface area contributed by atoms with Crippen LogP contribution in [-0.4, -0.2) is 27.9 Å². The Morgan fingerprint density at radius 3 is 2.56 bits per heavy atom. The fourth-order valence-electron chi connectivity index (χ4n) is 2.40. The average Bonchev–Trinajstić information content (AvgIpc) is 2.76. The first-order valence-electron chi connectivity index (χ1n) is 6.45. The van der Waals surface area contributed by atoms with Crippen LogP contribution in [0.1, 0.15) is 38.5 Å². The monoisotopic (exact) mass is 286 g/mol. The number of thiocarbonyl (C=S) groups is 1. The Kier molecular flexibility index (Phi) is 5.00. The summed E-state index contributed by atoms with van der Waals surface area (Å²) in [6.07, 6.45) is 6.15. The van der Waals surface area contributed by atoms with Gasteiger partial charge in [-0.25, -0.2) is 0 Å². The van der Waals surface area contributed by atoms with E-state index >= 15 is 0 Å². The van der Waals surface area contributed by atoms with Gasteiger partial charge in [-0.15, -0.1) is 0 Å². The molecule has 6 heteroatoms. The van der Waals surface area contributed by atoms with Crippen LogP contribution in [0.4, 0.5) is 0 Å². The summed E-state index contributed by atoms with van der Waals surface area (Å²) < 4.78 is 0. The first kappa shape index (κ1) is 13.8. The van der Waals surface area contributed by atoms with Crippen molar-refractivity contribution in [3.05, 3.63) is 0 Å². The molecule has 1 atom stereocenters. The Morgan fingerprint density at radius 1 is 1.22 bits per heavy atom. The molecule has 0 bridgehead atoms. The van der Waals surface area contributed by atoms with E-state index in [1.54, 1.807) is 0 Å². The van der Waals surface area contributed by atoms with Crippen LogP contribution in [0.5, 0.6) is 0 Å². The molecule has 2 rings (SSSR count). The van der Waals surface area contributed by atoms with E-state index in [1.807, 2.05) is 0 Å². The third-order valence-electron chi connectivity index (χ3n) is 3.45. The van der Waals surface area contributed by atoms with Crippen LogP contribution in [0.2, 0.25) is 0 Å². The Morgan fingerprint density at radius 2 is 1.94 bits per heavy atom. The van der Waals surface area contributed by atoms with Crippen molar-refractivity contribution in [3.8, 4) is 0 Å². The molecule has 1 aliphatic heterocycles. The van der Waals surface area contributed by atoms with Gasteiger partial charge in [0, 0.05) is 11.7 Å². The van der Waals surface area contributed by atoms with Crippen molar-refractivity contribution < 1.29 is 9.59 Å². The van der Waals surface area contributed by atoms with Crippen LogP contribution < -0.4 is 10.6 Å². The molecule has 1 unspecified atom stereocenters. The quantitative estimate of drug-likeness (QED) is 0.755. The number of hydrogen-bond donors (Lipinski definition) is 2. The Hall–Kier alpha value is -0.620. The fraction of sp³-hybridized carbons (Fsp3) is 0.750. The van der Waals surface area contributed by atoms with E-state index in [2.05, 4.69) is 10.6 Å². The van der Waals surface area contributed by atoms with E-state index in [0.717, 1.165) is 37.9 Å².